The average molecular weight is 330 g/mol. The Balaban J connectivity index is 2.30. The van der Waals surface area contributed by atoms with Crippen LogP contribution in [0, 0.1) is 11.3 Å². The van der Waals surface area contributed by atoms with Gasteiger partial charge in [0.05, 0.1) is 6.61 Å². The van der Waals surface area contributed by atoms with Gasteiger partial charge in [-0.2, -0.15) is 0 Å². The number of hydrogen-bond acceptors (Lipinski definition) is 4. The van der Waals surface area contributed by atoms with E-state index in [1.165, 1.54) is 4.57 Å². The molecule has 3 N–H and O–H groups in total. The quantitative estimate of drug-likeness (QED) is 0.749. The summed E-state index contributed by atoms with van der Waals surface area (Å²) in [6.07, 6.45) is 3.89. The fraction of sp³-hybridized carbons (Fsp3) is 0.462. The van der Waals surface area contributed by atoms with Gasteiger partial charge >= 0.3 is 0 Å². The molecule has 104 valence electrons. The zero-order chi connectivity index (χ0) is 14.0. The maximum atomic E-state index is 11.8. The zero-order valence-electron chi connectivity index (χ0n) is 10.3. The minimum absolute atomic E-state index is 0.0154. The van der Waals surface area contributed by atoms with Gasteiger partial charge in [-0.3, -0.25) is 4.79 Å². The number of aliphatic hydroxyl groups is 2. The minimum Gasteiger partial charge on any atom is -0.507 e. The van der Waals surface area contributed by atoms with Crippen molar-refractivity contribution in [3.05, 3.63) is 33.2 Å². The first-order valence-corrected chi connectivity index (χ1v) is 6.90. The van der Waals surface area contributed by atoms with Crippen LogP contribution in [0.3, 0.4) is 0 Å². The Bertz CT molecular complexity index is 554. The smallest absolute Gasteiger partial charge is 0.254 e. The molecule has 2 atom stereocenters. The van der Waals surface area contributed by atoms with Gasteiger partial charge in [0.15, 0.2) is 0 Å². The van der Waals surface area contributed by atoms with Crippen molar-refractivity contribution in [3.8, 4) is 5.75 Å². The van der Waals surface area contributed by atoms with E-state index in [2.05, 4.69) is 15.9 Å². The first kappa shape index (κ1) is 14.3. The van der Waals surface area contributed by atoms with Crippen molar-refractivity contribution in [1.82, 2.24) is 4.57 Å². The van der Waals surface area contributed by atoms with Crippen molar-refractivity contribution in [2.24, 2.45) is 11.3 Å². The highest BCUT2D eigenvalue weighted by Crippen LogP contribution is 2.52. The normalized spacial score (nSPS) is 25.9. The predicted octanol–water partition coefficient (Wildman–Crippen LogP) is 0.910. The second-order valence-corrected chi connectivity index (χ2v) is 5.51. The first-order chi connectivity index (χ1) is 9.06. The lowest BCUT2D eigenvalue weighted by Gasteiger charge is -2.16. The molecule has 5 nitrogen and oxygen atoms in total. The Morgan fingerprint density at radius 2 is 2.26 bits per heavy atom. The van der Waals surface area contributed by atoms with Crippen molar-refractivity contribution in [2.75, 3.05) is 13.2 Å². The van der Waals surface area contributed by atoms with E-state index in [4.69, 9.17) is 5.11 Å². The Labute approximate surface area is 118 Å². The second kappa shape index (κ2) is 5.48. The number of hydrogen-bond donors (Lipinski definition) is 3. The van der Waals surface area contributed by atoms with E-state index in [1.807, 2.05) is 0 Å². The van der Waals surface area contributed by atoms with E-state index >= 15 is 0 Å². The van der Waals surface area contributed by atoms with E-state index in [1.54, 1.807) is 17.3 Å². The van der Waals surface area contributed by atoms with E-state index in [9.17, 15) is 15.0 Å². The molecule has 0 aliphatic heterocycles. The molecule has 1 saturated carbocycles. The Hall–Kier alpha value is -1.11. The highest BCUT2D eigenvalue weighted by atomic mass is 79.9. The summed E-state index contributed by atoms with van der Waals surface area (Å²) in [6, 6.07) is 1.16. The first-order valence-electron chi connectivity index (χ1n) is 5.98. The molecule has 0 aromatic carbocycles. The van der Waals surface area contributed by atoms with Gasteiger partial charge in [0, 0.05) is 36.4 Å². The number of aromatic hydroxyl groups is 1. The van der Waals surface area contributed by atoms with Gasteiger partial charge in [-0.1, -0.05) is 15.9 Å². The second-order valence-electron chi connectivity index (χ2n) is 4.98. The van der Waals surface area contributed by atoms with Crippen molar-refractivity contribution < 1.29 is 15.3 Å². The highest BCUT2D eigenvalue weighted by molar-refractivity contribution is 9.11. The predicted molar refractivity (Wildman–Crippen MR) is 75.0 cm³/mol. The number of nitrogens with zero attached hydrogens (tertiary/aromatic N) is 1. The maximum Gasteiger partial charge on any atom is 0.254 e. The van der Waals surface area contributed by atoms with Gasteiger partial charge in [-0.15, -0.1) is 0 Å². The van der Waals surface area contributed by atoms with Gasteiger partial charge in [0.25, 0.3) is 5.56 Å². The molecule has 0 radical (unpaired) electrons. The molecule has 0 bridgehead atoms. The molecule has 1 aromatic rings. The van der Waals surface area contributed by atoms with Crippen molar-refractivity contribution >= 4 is 22.0 Å². The number of pyridine rings is 1. The number of aromatic nitrogens is 1. The Morgan fingerprint density at radius 3 is 2.79 bits per heavy atom. The molecule has 1 aromatic heterocycles. The topological polar surface area (TPSA) is 82.7 Å². The minimum atomic E-state index is -0.412. The molecule has 1 aliphatic rings. The Kier molecular flexibility index (Phi) is 4.13. The van der Waals surface area contributed by atoms with Crippen molar-refractivity contribution in [3.63, 3.8) is 0 Å². The van der Waals surface area contributed by atoms with Gasteiger partial charge in [0.1, 0.15) is 5.75 Å². The largest absolute Gasteiger partial charge is 0.507 e. The summed E-state index contributed by atoms with van der Waals surface area (Å²) in [7, 11) is 0. The van der Waals surface area contributed by atoms with Crippen LogP contribution in [0.1, 0.15) is 12.0 Å². The summed E-state index contributed by atoms with van der Waals surface area (Å²) in [5, 5.41) is 28.2. The number of halogens is 1. The Morgan fingerprint density at radius 1 is 1.53 bits per heavy atom. The maximum absolute atomic E-state index is 11.8. The average Bonchev–Trinajstić information content (AvgIpc) is 3.09. The van der Waals surface area contributed by atoms with Gasteiger partial charge in [0.2, 0.25) is 0 Å². The molecule has 0 unspecified atom stereocenters. The molecule has 19 heavy (non-hydrogen) atoms. The lowest BCUT2D eigenvalue weighted by molar-refractivity contribution is 0.157. The molecule has 0 amide bonds. The van der Waals surface area contributed by atoms with Gasteiger partial charge in [-0.25, -0.2) is 0 Å². The lowest BCUT2D eigenvalue weighted by atomic mass is 10.1. The summed E-state index contributed by atoms with van der Waals surface area (Å²) in [5.74, 6) is -0.0436. The van der Waals surface area contributed by atoms with E-state index in [0.29, 0.717) is 18.5 Å². The summed E-state index contributed by atoms with van der Waals surface area (Å²) in [5.41, 5.74) is -0.211. The summed E-state index contributed by atoms with van der Waals surface area (Å²) in [6.45, 7) is 0.299. The molecule has 1 aliphatic carbocycles. The third-order valence-electron chi connectivity index (χ3n) is 3.76. The van der Waals surface area contributed by atoms with E-state index in [-0.39, 0.29) is 30.4 Å². The van der Waals surface area contributed by atoms with Crippen LogP contribution in [0.5, 0.6) is 5.75 Å². The van der Waals surface area contributed by atoms with Crippen LogP contribution in [0.15, 0.2) is 22.0 Å². The van der Waals surface area contributed by atoms with Crippen molar-refractivity contribution in [2.45, 2.75) is 13.0 Å². The fourth-order valence-electron chi connectivity index (χ4n) is 2.37. The van der Waals surface area contributed by atoms with Crippen LogP contribution in [0.2, 0.25) is 0 Å². The number of aliphatic hydroxyl groups excluding tert-OH is 2. The monoisotopic (exact) mass is 329 g/mol. The third-order valence-corrected chi connectivity index (χ3v) is 4.02. The SMILES string of the molecule is O=c1cc(O)c(C=CBr)cn1C[C@]1(CO)C[C@H]1CO. The third kappa shape index (κ3) is 2.75. The molecular weight excluding hydrogens is 314 g/mol. The molecule has 1 heterocycles. The van der Waals surface area contributed by atoms with Crippen LogP contribution < -0.4 is 5.56 Å². The molecule has 0 saturated heterocycles. The molecule has 6 heteroatoms. The summed E-state index contributed by atoms with van der Waals surface area (Å²) >= 11 is 3.12. The zero-order valence-corrected chi connectivity index (χ0v) is 11.9. The molecular formula is C13H16BrNO4. The van der Waals surface area contributed by atoms with Crippen LogP contribution in [0.25, 0.3) is 6.08 Å². The van der Waals surface area contributed by atoms with E-state index in [0.717, 1.165) is 6.07 Å². The standard InChI is InChI=1S/C13H16BrNO4/c14-2-1-9-5-15(12(19)3-11(9)18)7-13(8-17)4-10(13)6-16/h1-3,5,10,16-18H,4,6-8H2/t10-,13-/m0/s1. The highest BCUT2D eigenvalue weighted by Gasteiger charge is 2.53. The van der Waals surface area contributed by atoms with Crippen LogP contribution in [-0.4, -0.2) is 33.1 Å². The fourth-order valence-corrected chi connectivity index (χ4v) is 2.65. The lowest BCUT2D eigenvalue weighted by Crippen LogP contribution is -2.27. The van der Waals surface area contributed by atoms with Crippen LogP contribution in [-0.2, 0) is 6.54 Å². The molecule has 0 spiro atoms. The number of rotatable bonds is 5. The van der Waals surface area contributed by atoms with Gasteiger partial charge in [-0.05, 0) is 23.4 Å². The molecule has 1 fully saturated rings. The van der Waals surface area contributed by atoms with Crippen LogP contribution >= 0.6 is 15.9 Å². The molecule has 2 rings (SSSR count). The summed E-state index contributed by atoms with van der Waals surface area (Å²) < 4.78 is 1.47. The van der Waals surface area contributed by atoms with Gasteiger partial charge < -0.3 is 19.9 Å². The van der Waals surface area contributed by atoms with E-state index < -0.39 is 5.41 Å². The van der Waals surface area contributed by atoms with Crippen molar-refractivity contribution in [1.29, 1.82) is 0 Å². The van der Waals surface area contributed by atoms with Crippen LogP contribution in [0.4, 0.5) is 0 Å². The summed E-state index contributed by atoms with van der Waals surface area (Å²) in [4.78, 5) is 13.4.